The van der Waals surface area contributed by atoms with Gasteiger partial charge in [-0.1, -0.05) is 44.2 Å². The Balaban J connectivity index is 0.000000878. The molecule has 1 aliphatic carbocycles. The van der Waals surface area contributed by atoms with E-state index in [2.05, 4.69) is 37.0 Å². The summed E-state index contributed by atoms with van der Waals surface area (Å²) in [4.78, 5) is 16.2. The summed E-state index contributed by atoms with van der Waals surface area (Å²) in [6.45, 7) is 5.94. The van der Waals surface area contributed by atoms with Crippen LogP contribution in [0.2, 0.25) is 0 Å². The van der Waals surface area contributed by atoms with Gasteiger partial charge in [0.2, 0.25) is 0 Å². The van der Waals surface area contributed by atoms with Crippen LogP contribution in [0.5, 0.6) is 5.75 Å². The molecule has 5 nitrogen and oxygen atoms in total. The number of benzene rings is 1. The molecule has 0 bridgehead atoms. The highest BCUT2D eigenvalue weighted by molar-refractivity contribution is 5.49. The number of hydrogen-bond donors (Lipinski definition) is 2. The first-order chi connectivity index (χ1) is 13.5. The van der Waals surface area contributed by atoms with Crippen LogP contribution in [0.25, 0.3) is 0 Å². The van der Waals surface area contributed by atoms with E-state index in [1.807, 2.05) is 26.0 Å². The highest BCUT2D eigenvalue weighted by Gasteiger charge is 2.48. The van der Waals surface area contributed by atoms with Gasteiger partial charge in [-0.2, -0.15) is 9.59 Å². The van der Waals surface area contributed by atoms with Gasteiger partial charge in [-0.3, -0.25) is 0 Å². The Morgan fingerprint density at radius 2 is 2.07 bits per heavy atom. The standard InChI is InChI=1S/C22H28O3.CO2/c1-4-6-8-14(3)18(23)12-11-16-19(24)13-20-21(16)17-10-7-9-15(5-2)22(17)25-20;2-1-3/h7,9-12,14,16,18-21,23-24H,5,8,13H2,1-3H3;/b12-11+;/t14-,16+,18+,19-,20+,21+;/m0./s1. The van der Waals surface area contributed by atoms with Gasteiger partial charge in [-0.15, -0.1) is 11.8 Å². The van der Waals surface area contributed by atoms with E-state index in [4.69, 9.17) is 14.3 Å². The Labute approximate surface area is 166 Å². The third kappa shape index (κ3) is 4.72. The summed E-state index contributed by atoms with van der Waals surface area (Å²) in [6.07, 6.45) is 5.40. The molecule has 1 aliphatic heterocycles. The minimum Gasteiger partial charge on any atom is -0.489 e. The molecule has 0 radical (unpaired) electrons. The van der Waals surface area contributed by atoms with E-state index < -0.39 is 12.2 Å². The van der Waals surface area contributed by atoms with Crippen LogP contribution >= 0.6 is 0 Å². The molecule has 1 aromatic rings. The summed E-state index contributed by atoms with van der Waals surface area (Å²) in [5, 5.41) is 20.8. The third-order valence-corrected chi connectivity index (χ3v) is 5.58. The van der Waals surface area contributed by atoms with Gasteiger partial charge >= 0.3 is 6.15 Å². The van der Waals surface area contributed by atoms with Crippen LogP contribution in [-0.2, 0) is 16.0 Å². The second-order valence-corrected chi connectivity index (χ2v) is 7.32. The summed E-state index contributed by atoms with van der Waals surface area (Å²) >= 11 is 0. The van der Waals surface area contributed by atoms with Gasteiger partial charge in [0.25, 0.3) is 0 Å². The zero-order valence-electron chi connectivity index (χ0n) is 16.6. The number of ether oxygens (including phenoxy) is 1. The Morgan fingerprint density at radius 3 is 2.71 bits per heavy atom. The van der Waals surface area contributed by atoms with Gasteiger partial charge in [-0.05, 0) is 24.8 Å². The number of aryl methyl sites for hydroxylation is 1. The fourth-order valence-corrected chi connectivity index (χ4v) is 4.06. The molecule has 1 saturated carbocycles. The summed E-state index contributed by atoms with van der Waals surface area (Å²) < 4.78 is 6.19. The number of rotatable bonds is 5. The van der Waals surface area contributed by atoms with Gasteiger partial charge in [0.05, 0.1) is 12.2 Å². The predicted octanol–water partition coefficient (Wildman–Crippen LogP) is 2.86. The number of fused-ring (bicyclic) bond motifs is 3. The van der Waals surface area contributed by atoms with Crippen molar-refractivity contribution < 1.29 is 24.5 Å². The number of aliphatic hydroxyl groups excluding tert-OH is 2. The molecule has 0 unspecified atom stereocenters. The molecule has 1 aromatic carbocycles. The normalized spacial score (nSPS) is 26.6. The molecular weight excluding hydrogens is 356 g/mol. The Morgan fingerprint density at radius 1 is 1.36 bits per heavy atom. The Kier molecular flexibility index (Phi) is 8.02. The minimum atomic E-state index is -0.545. The number of para-hydroxylation sites is 1. The largest absolute Gasteiger partial charge is 0.489 e. The maximum absolute atomic E-state index is 10.5. The first kappa shape index (κ1) is 21.9. The van der Waals surface area contributed by atoms with Crippen LogP contribution < -0.4 is 4.74 Å². The minimum absolute atomic E-state index is 0.0162. The third-order valence-electron chi connectivity index (χ3n) is 5.58. The Bertz CT molecular complexity index is 782. The van der Waals surface area contributed by atoms with Crippen LogP contribution in [0.3, 0.4) is 0 Å². The molecule has 1 heterocycles. The first-order valence-corrected chi connectivity index (χ1v) is 9.70. The highest BCUT2D eigenvalue weighted by Crippen LogP contribution is 2.51. The fraction of sp³-hybridized carbons (Fsp3) is 0.522. The molecule has 1 fully saturated rings. The smallest absolute Gasteiger partial charge is 0.373 e. The SMILES string of the molecule is CC#CC[C@H](C)[C@H](O)/C=C/[C@H]1[C@@H]2c3cccc(CC)c3O[C@@H]2C[C@@H]1O.O=C=O. The van der Waals surface area contributed by atoms with Crippen LogP contribution in [0.1, 0.15) is 50.7 Å². The molecule has 150 valence electrons. The zero-order valence-corrected chi connectivity index (χ0v) is 16.6. The lowest BCUT2D eigenvalue weighted by Crippen LogP contribution is -2.19. The molecule has 0 aromatic heterocycles. The summed E-state index contributed by atoms with van der Waals surface area (Å²) in [7, 11) is 0. The topological polar surface area (TPSA) is 83.8 Å². The second kappa shape index (κ2) is 10.2. The van der Waals surface area contributed by atoms with Crippen molar-refractivity contribution in [3.05, 3.63) is 41.5 Å². The van der Waals surface area contributed by atoms with E-state index >= 15 is 0 Å². The van der Waals surface area contributed by atoms with Crippen molar-refractivity contribution in [2.75, 3.05) is 0 Å². The van der Waals surface area contributed by atoms with Gasteiger partial charge < -0.3 is 14.9 Å². The van der Waals surface area contributed by atoms with E-state index in [1.165, 1.54) is 11.1 Å². The van der Waals surface area contributed by atoms with E-state index in [-0.39, 0.29) is 30.0 Å². The zero-order chi connectivity index (χ0) is 20.7. The van der Waals surface area contributed by atoms with Crippen molar-refractivity contribution >= 4 is 6.15 Å². The molecule has 0 spiro atoms. The molecule has 3 rings (SSSR count). The molecule has 6 atom stereocenters. The number of aliphatic hydroxyl groups is 2. The van der Waals surface area contributed by atoms with E-state index in [9.17, 15) is 10.2 Å². The van der Waals surface area contributed by atoms with Gasteiger partial charge in [0.15, 0.2) is 0 Å². The lowest BCUT2D eigenvalue weighted by molar-refractivity contribution is -0.191. The second-order valence-electron chi connectivity index (χ2n) is 7.32. The van der Waals surface area contributed by atoms with Crippen molar-refractivity contribution in [1.82, 2.24) is 0 Å². The molecule has 5 heteroatoms. The highest BCUT2D eigenvalue weighted by atomic mass is 16.5. The average Bonchev–Trinajstić information content (AvgIpc) is 3.19. The molecule has 2 aliphatic rings. The lowest BCUT2D eigenvalue weighted by atomic mass is 9.86. The lowest BCUT2D eigenvalue weighted by Gasteiger charge is -2.19. The quantitative estimate of drug-likeness (QED) is 0.602. The molecule has 0 saturated heterocycles. The van der Waals surface area contributed by atoms with E-state index in [0.717, 1.165) is 12.2 Å². The summed E-state index contributed by atoms with van der Waals surface area (Å²) in [5.74, 6) is 7.13. The Hall–Kier alpha value is -2.38. The predicted molar refractivity (Wildman–Crippen MR) is 104 cm³/mol. The van der Waals surface area contributed by atoms with Crippen LogP contribution in [0, 0.1) is 23.7 Å². The summed E-state index contributed by atoms with van der Waals surface area (Å²) in [5.41, 5.74) is 2.44. The van der Waals surface area contributed by atoms with Gasteiger partial charge in [0.1, 0.15) is 11.9 Å². The van der Waals surface area contributed by atoms with Crippen molar-refractivity contribution in [1.29, 1.82) is 0 Å². The van der Waals surface area contributed by atoms with Crippen molar-refractivity contribution in [2.24, 2.45) is 11.8 Å². The van der Waals surface area contributed by atoms with Crippen LogP contribution in [0.4, 0.5) is 0 Å². The van der Waals surface area contributed by atoms with E-state index in [1.54, 1.807) is 0 Å². The average molecular weight is 384 g/mol. The molecule has 0 amide bonds. The van der Waals surface area contributed by atoms with Crippen LogP contribution in [-0.4, -0.2) is 34.7 Å². The van der Waals surface area contributed by atoms with Gasteiger partial charge in [0, 0.05) is 30.2 Å². The maximum atomic E-state index is 10.5. The van der Waals surface area contributed by atoms with Crippen molar-refractivity contribution in [3.63, 3.8) is 0 Å². The molecular formula is C23H28O5. The maximum Gasteiger partial charge on any atom is 0.373 e. The first-order valence-electron chi connectivity index (χ1n) is 9.70. The number of carbonyl (C=O) groups excluding carboxylic acids is 2. The monoisotopic (exact) mass is 384 g/mol. The molecule has 28 heavy (non-hydrogen) atoms. The fourth-order valence-electron chi connectivity index (χ4n) is 4.06. The summed E-state index contributed by atoms with van der Waals surface area (Å²) in [6, 6.07) is 6.31. The van der Waals surface area contributed by atoms with Crippen molar-refractivity contribution in [3.8, 4) is 17.6 Å². The molecule has 2 N–H and O–H groups in total. The van der Waals surface area contributed by atoms with Crippen LogP contribution in [0.15, 0.2) is 30.4 Å². The van der Waals surface area contributed by atoms with Gasteiger partial charge in [-0.25, -0.2) is 0 Å². The van der Waals surface area contributed by atoms with Crippen molar-refractivity contribution in [2.45, 2.75) is 64.3 Å². The van der Waals surface area contributed by atoms with E-state index in [0.29, 0.717) is 12.8 Å². The number of hydrogen-bond acceptors (Lipinski definition) is 5.